The highest BCUT2D eigenvalue weighted by atomic mass is 32.2. The van der Waals surface area contributed by atoms with Gasteiger partial charge < -0.3 is 9.15 Å². The van der Waals surface area contributed by atoms with E-state index in [0.717, 1.165) is 27.6 Å². The van der Waals surface area contributed by atoms with Gasteiger partial charge in [-0.15, -0.1) is 0 Å². The van der Waals surface area contributed by atoms with Crippen LogP contribution in [0, 0.1) is 0 Å². The highest BCUT2D eigenvalue weighted by molar-refractivity contribution is 7.93. The van der Waals surface area contributed by atoms with E-state index < -0.39 is 20.9 Å². The number of carbonyl (C=O) groups excluding carboxylic acids is 1. The lowest BCUT2D eigenvalue weighted by Crippen LogP contribution is -2.37. The van der Waals surface area contributed by atoms with Gasteiger partial charge in [0.25, 0.3) is 15.9 Å². The molecular weight excluding hydrogens is 498 g/mol. The number of sulfonamides is 1. The molecule has 7 nitrogen and oxygen atoms in total. The van der Waals surface area contributed by atoms with Gasteiger partial charge in [0.2, 0.25) is 0 Å². The summed E-state index contributed by atoms with van der Waals surface area (Å²) in [7, 11) is -2.84. The van der Waals surface area contributed by atoms with Gasteiger partial charge in [-0.05, 0) is 54.4 Å². The van der Waals surface area contributed by atoms with Crippen molar-refractivity contribution in [3.05, 3.63) is 99.7 Å². The van der Waals surface area contributed by atoms with Crippen molar-refractivity contribution in [2.24, 2.45) is 0 Å². The number of aryl methyl sites for hydroxylation is 1. The van der Waals surface area contributed by atoms with Crippen molar-refractivity contribution in [3.8, 4) is 5.75 Å². The van der Waals surface area contributed by atoms with Gasteiger partial charge in [0, 0.05) is 16.3 Å². The van der Waals surface area contributed by atoms with Gasteiger partial charge in [0.1, 0.15) is 5.75 Å². The van der Waals surface area contributed by atoms with Crippen molar-refractivity contribution in [3.63, 3.8) is 0 Å². The first-order valence-electron chi connectivity index (χ1n) is 11.1. The Hall–Kier alpha value is -3.95. The van der Waals surface area contributed by atoms with E-state index in [-0.39, 0.29) is 16.1 Å². The molecule has 0 aliphatic rings. The van der Waals surface area contributed by atoms with E-state index in [1.165, 1.54) is 37.4 Å². The zero-order valence-corrected chi connectivity index (χ0v) is 21.1. The minimum atomic E-state index is -4.35. The van der Waals surface area contributed by atoms with Gasteiger partial charge in [-0.25, -0.2) is 13.2 Å². The lowest BCUT2D eigenvalue weighted by molar-refractivity contribution is 0.101. The highest BCUT2D eigenvalue weighted by Gasteiger charge is 2.34. The molecule has 1 aromatic heterocycles. The second-order valence-electron chi connectivity index (χ2n) is 8.02. The molecule has 182 valence electrons. The number of amides is 1. The summed E-state index contributed by atoms with van der Waals surface area (Å²) in [5, 5.41) is 0.995. The quantitative estimate of drug-likeness (QED) is 0.289. The maximum Gasteiger partial charge on any atom is 0.396 e. The van der Waals surface area contributed by atoms with Crippen LogP contribution in [0.15, 0.2) is 93.0 Å². The number of hydrogen-bond donors (Lipinski definition) is 0. The summed E-state index contributed by atoms with van der Waals surface area (Å²) in [5.74, 6) is -0.205. The Morgan fingerprint density at radius 2 is 1.64 bits per heavy atom. The Labute approximate surface area is 211 Å². The summed E-state index contributed by atoms with van der Waals surface area (Å²) in [6.45, 7) is 1.97. The number of benzene rings is 4. The molecule has 5 rings (SSSR count). The first-order valence-corrected chi connectivity index (χ1v) is 13.4. The van der Waals surface area contributed by atoms with E-state index >= 15 is 0 Å². The van der Waals surface area contributed by atoms with Crippen LogP contribution in [-0.2, 0) is 16.4 Å². The zero-order chi connectivity index (χ0) is 25.4. The van der Waals surface area contributed by atoms with Crippen LogP contribution in [0.3, 0.4) is 0 Å². The lowest BCUT2D eigenvalue weighted by atomic mass is 10.1. The van der Waals surface area contributed by atoms with Crippen LogP contribution >= 0.6 is 11.3 Å². The SMILES string of the molecule is CCc1ccc(S(=O)(=O)N(C(=O)c2ccc(OC)cc2)c2cc3sc(=O)oc3c3ccccc23)cc1. The first-order chi connectivity index (χ1) is 17.3. The Kier molecular flexibility index (Phi) is 6.11. The third-order valence-corrected chi connectivity index (χ3v) is 8.41. The Bertz CT molecular complexity index is 1750. The largest absolute Gasteiger partial charge is 0.497 e. The highest BCUT2D eigenvalue weighted by Crippen LogP contribution is 2.38. The van der Waals surface area contributed by atoms with Gasteiger partial charge in [-0.2, -0.15) is 4.31 Å². The van der Waals surface area contributed by atoms with Gasteiger partial charge >= 0.3 is 4.94 Å². The van der Waals surface area contributed by atoms with E-state index in [4.69, 9.17) is 9.15 Å². The number of anilines is 1. The number of rotatable bonds is 6. The number of ether oxygens (including phenoxy) is 1. The van der Waals surface area contributed by atoms with Crippen LogP contribution in [0.2, 0.25) is 0 Å². The van der Waals surface area contributed by atoms with Crippen LogP contribution in [0.4, 0.5) is 5.69 Å². The molecule has 5 aromatic rings. The minimum Gasteiger partial charge on any atom is -0.497 e. The van der Waals surface area contributed by atoms with Crippen LogP contribution < -0.4 is 14.0 Å². The summed E-state index contributed by atoms with van der Waals surface area (Å²) in [6, 6.07) is 21.1. The maximum absolute atomic E-state index is 14.1. The smallest absolute Gasteiger partial charge is 0.396 e. The van der Waals surface area contributed by atoms with Crippen molar-refractivity contribution < 1.29 is 22.4 Å². The van der Waals surface area contributed by atoms with Gasteiger partial charge in [-0.1, -0.05) is 54.7 Å². The molecule has 1 amide bonds. The Morgan fingerprint density at radius 1 is 0.972 bits per heavy atom. The monoisotopic (exact) mass is 519 g/mol. The molecule has 0 spiro atoms. The number of methoxy groups -OCH3 is 1. The van der Waals surface area contributed by atoms with Crippen LogP contribution in [-0.4, -0.2) is 21.4 Å². The molecule has 0 fully saturated rings. The number of hydrogen-bond acceptors (Lipinski definition) is 7. The van der Waals surface area contributed by atoms with E-state index in [2.05, 4.69) is 0 Å². The molecule has 9 heteroatoms. The van der Waals surface area contributed by atoms with Crippen molar-refractivity contribution in [1.82, 2.24) is 0 Å². The molecule has 1 heterocycles. The Balaban J connectivity index is 1.79. The molecule has 0 N–H and O–H groups in total. The topological polar surface area (TPSA) is 93.9 Å². The minimum absolute atomic E-state index is 0.0221. The first kappa shape index (κ1) is 23.8. The summed E-state index contributed by atoms with van der Waals surface area (Å²) in [5.41, 5.74) is 1.62. The number of carbonyl (C=O) groups is 1. The zero-order valence-electron chi connectivity index (χ0n) is 19.4. The second kappa shape index (κ2) is 9.25. The third kappa shape index (κ3) is 4.06. The normalized spacial score (nSPS) is 11.6. The van der Waals surface area contributed by atoms with Crippen LogP contribution in [0.25, 0.3) is 21.1 Å². The molecule has 0 aliphatic heterocycles. The van der Waals surface area contributed by atoms with E-state index in [1.807, 2.05) is 6.92 Å². The maximum atomic E-state index is 14.1. The summed E-state index contributed by atoms with van der Waals surface area (Å²) in [4.78, 5) is 25.4. The van der Waals surface area contributed by atoms with E-state index in [0.29, 0.717) is 26.8 Å². The average Bonchev–Trinajstić information content (AvgIpc) is 3.29. The number of fused-ring (bicyclic) bond motifs is 3. The fraction of sp³-hybridized carbons (Fsp3) is 0.111. The molecule has 0 saturated heterocycles. The molecule has 0 atom stereocenters. The molecule has 0 saturated carbocycles. The molecule has 0 bridgehead atoms. The molecule has 4 aromatic carbocycles. The molecule has 0 unspecified atom stereocenters. The predicted octanol–water partition coefficient (Wildman–Crippen LogP) is 5.61. The van der Waals surface area contributed by atoms with Crippen molar-refractivity contribution in [1.29, 1.82) is 0 Å². The molecular formula is C27H21NO6S2. The van der Waals surface area contributed by atoms with Crippen LogP contribution in [0.1, 0.15) is 22.8 Å². The molecule has 36 heavy (non-hydrogen) atoms. The van der Waals surface area contributed by atoms with Gasteiger partial charge in [0.05, 0.1) is 22.4 Å². The van der Waals surface area contributed by atoms with Crippen molar-refractivity contribution >= 4 is 54.0 Å². The average molecular weight is 520 g/mol. The van der Waals surface area contributed by atoms with E-state index in [9.17, 15) is 18.0 Å². The fourth-order valence-electron chi connectivity index (χ4n) is 4.05. The number of nitrogens with zero attached hydrogens (tertiary/aromatic N) is 1. The van der Waals surface area contributed by atoms with Gasteiger partial charge in [0.15, 0.2) is 5.58 Å². The summed E-state index contributed by atoms with van der Waals surface area (Å²) >= 11 is 0.851. The summed E-state index contributed by atoms with van der Waals surface area (Å²) in [6.07, 6.45) is 0.746. The third-order valence-electron chi connectivity index (χ3n) is 5.93. The van der Waals surface area contributed by atoms with Crippen molar-refractivity contribution in [2.45, 2.75) is 18.2 Å². The Morgan fingerprint density at radius 3 is 2.28 bits per heavy atom. The standard InChI is InChI=1S/C27H21NO6S2/c1-3-17-8-14-20(15-9-17)36(31,32)28(26(29)18-10-12-19(33-2)13-11-18)23-16-24-25(34-27(30)35-24)22-7-5-4-6-21(22)23/h4-16H,3H2,1-2H3. The predicted molar refractivity (Wildman–Crippen MR) is 141 cm³/mol. The molecule has 0 radical (unpaired) electrons. The van der Waals surface area contributed by atoms with Crippen LogP contribution in [0.5, 0.6) is 5.75 Å². The van der Waals surface area contributed by atoms with Crippen molar-refractivity contribution in [2.75, 3.05) is 11.4 Å². The summed E-state index contributed by atoms with van der Waals surface area (Å²) < 4.78 is 39.9. The van der Waals surface area contributed by atoms with E-state index in [1.54, 1.807) is 48.5 Å². The fourth-order valence-corrected chi connectivity index (χ4v) is 6.19. The molecule has 0 aliphatic carbocycles. The van der Waals surface area contributed by atoms with Gasteiger partial charge in [-0.3, -0.25) is 4.79 Å². The second-order valence-corrected chi connectivity index (χ2v) is 10.8. The lowest BCUT2D eigenvalue weighted by Gasteiger charge is -2.24.